The molecule has 1 aromatic carbocycles. The van der Waals surface area contributed by atoms with E-state index in [2.05, 4.69) is 18.0 Å². The number of amides is 2. The Labute approximate surface area is 207 Å². The summed E-state index contributed by atoms with van der Waals surface area (Å²) in [5, 5.41) is 12.4. The summed E-state index contributed by atoms with van der Waals surface area (Å²) in [4.78, 5) is 31.4. The summed E-state index contributed by atoms with van der Waals surface area (Å²) in [5.74, 6) is -0.516. The zero-order valence-corrected chi connectivity index (χ0v) is 21.3. The van der Waals surface area contributed by atoms with Gasteiger partial charge in [0.2, 0.25) is 5.91 Å². The number of hydrogen-bond donors (Lipinski definition) is 1. The quantitative estimate of drug-likeness (QED) is 0.634. The molecule has 4 atom stereocenters. The lowest BCUT2D eigenvalue weighted by molar-refractivity contribution is -0.121. The molecule has 0 aliphatic carbocycles. The number of nitrogens with one attached hydrogen (secondary N) is 1. The molecule has 2 heterocycles. The second-order valence-electron chi connectivity index (χ2n) is 10.4. The predicted octanol–water partition coefficient (Wildman–Crippen LogP) is 3.65. The number of benzene rings is 1. The van der Waals surface area contributed by atoms with Gasteiger partial charge in [-0.15, -0.1) is 0 Å². The fraction of sp³-hybridized carbons (Fsp3) is 0.577. The minimum atomic E-state index is -0.674. The van der Waals surface area contributed by atoms with Crippen molar-refractivity contribution >= 4 is 17.7 Å². The Balaban J connectivity index is 1.78. The topological polar surface area (TPSA) is 88.9 Å². The molecule has 0 bridgehead atoms. The second-order valence-corrected chi connectivity index (χ2v) is 10.4. The van der Waals surface area contributed by atoms with Gasteiger partial charge in [-0.05, 0) is 72.2 Å². The first-order valence-electron chi connectivity index (χ1n) is 12.0. The Morgan fingerprint density at radius 1 is 1.43 bits per heavy atom. The lowest BCUT2D eigenvalue weighted by atomic mass is 10.1. The smallest absolute Gasteiger partial charge is 0.408 e. The summed E-state index contributed by atoms with van der Waals surface area (Å²) in [5.41, 5.74) is 0.472. The van der Waals surface area contributed by atoms with Gasteiger partial charge in [0.25, 0.3) is 0 Å². The maximum atomic E-state index is 13.8. The highest BCUT2D eigenvalue weighted by molar-refractivity contribution is 6.00. The van der Waals surface area contributed by atoms with Crippen LogP contribution in [-0.2, 0) is 9.53 Å². The average molecular weight is 486 g/mol. The van der Waals surface area contributed by atoms with Crippen LogP contribution >= 0.6 is 0 Å². The summed E-state index contributed by atoms with van der Waals surface area (Å²) in [6, 6.07) is 6.92. The summed E-state index contributed by atoms with van der Waals surface area (Å²) >= 11 is 0. The number of rotatable bonds is 7. The van der Waals surface area contributed by atoms with Crippen molar-refractivity contribution < 1.29 is 18.7 Å². The highest BCUT2D eigenvalue weighted by atomic mass is 19.1. The highest BCUT2D eigenvalue weighted by Gasteiger charge is 2.41. The lowest BCUT2D eigenvalue weighted by Crippen LogP contribution is -2.52. The maximum Gasteiger partial charge on any atom is 0.408 e. The molecule has 0 aromatic heterocycles. The van der Waals surface area contributed by atoms with Crippen LogP contribution in [0.1, 0.15) is 47.0 Å². The third-order valence-electron chi connectivity index (χ3n) is 6.48. The van der Waals surface area contributed by atoms with Gasteiger partial charge in [0.1, 0.15) is 17.5 Å². The van der Waals surface area contributed by atoms with Crippen LogP contribution in [0.15, 0.2) is 36.5 Å². The standard InChI is InChI=1S/C26H36FN5O3/c1-17-13-23(24(33)32(17)20-10-7-9-19(27)14-20)30(6)16-22(29-25(34)35-26(3,4)5)18(2)31-12-8-11-21(31)15-28/h7,9-10,14,17,21-23H,2,8,11-13,16H2,1,3-6H3,(H,29,34)/t17?,21?,22-,23-/m0/s1. The number of alkyl carbamates (subject to hydrolysis) is 1. The molecule has 0 radical (unpaired) electrons. The Bertz CT molecular complexity index is 1000. The molecule has 8 nitrogen and oxygen atoms in total. The minimum Gasteiger partial charge on any atom is -0.444 e. The normalized spacial score (nSPS) is 23.4. The molecule has 0 spiro atoms. The largest absolute Gasteiger partial charge is 0.444 e. The minimum absolute atomic E-state index is 0.112. The van der Waals surface area contributed by atoms with E-state index in [1.54, 1.807) is 37.8 Å². The number of anilines is 1. The maximum absolute atomic E-state index is 13.8. The van der Waals surface area contributed by atoms with E-state index in [0.29, 0.717) is 30.9 Å². The van der Waals surface area contributed by atoms with E-state index in [1.165, 1.54) is 12.1 Å². The van der Waals surface area contributed by atoms with Gasteiger partial charge in [-0.25, -0.2) is 9.18 Å². The monoisotopic (exact) mass is 485 g/mol. The fourth-order valence-corrected chi connectivity index (χ4v) is 4.83. The zero-order chi connectivity index (χ0) is 25.9. The fourth-order valence-electron chi connectivity index (χ4n) is 4.83. The number of nitriles is 1. The van der Waals surface area contributed by atoms with Crippen LogP contribution in [0.5, 0.6) is 0 Å². The molecule has 2 saturated heterocycles. The van der Waals surface area contributed by atoms with Gasteiger partial charge in [-0.2, -0.15) is 5.26 Å². The van der Waals surface area contributed by atoms with Crippen LogP contribution in [0, 0.1) is 17.1 Å². The summed E-state index contributed by atoms with van der Waals surface area (Å²) in [6.45, 7) is 12.5. The van der Waals surface area contributed by atoms with Crippen LogP contribution in [-0.4, -0.2) is 71.7 Å². The first kappa shape index (κ1) is 26.5. The number of likely N-dealkylation sites (tertiary alicyclic amines) is 1. The third kappa shape index (κ3) is 6.31. The Morgan fingerprint density at radius 3 is 2.77 bits per heavy atom. The SMILES string of the molecule is C=C([C@H](CN(C)[C@H]1CC(C)N(c2cccc(F)c2)C1=O)NC(=O)OC(C)(C)C)N1CCCC1C#N. The molecule has 190 valence electrons. The van der Waals surface area contributed by atoms with E-state index in [4.69, 9.17) is 4.74 Å². The highest BCUT2D eigenvalue weighted by Crippen LogP contribution is 2.30. The second kappa shape index (κ2) is 10.6. The van der Waals surface area contributed by atoms with E-state index in [1.807, 2.05) is 23.8 Å². The molecule has 2 aliphatic heterocycles. The average Bonchev–Trinajstić information content (AvgIpc) is 3.35. The first-order chi connectivity index (χ1) is 16.4. The van der Waals surface area contributed by atoms with Gasteiger partial charge < -0.3 is 19.9 Å². The van der Waals surface area contributed by atoms with E-state index in [9.17, 15) is 19.2 Å². The number of likely N-dealkylation sites (N-methyl/N-ethyl adjacent to an activating group) is 1. The van der Waals surface area contributed by atoms with Gasteiger partial charge in [-0.3, -0.25) is 9.69 Å². The third-order valence-corrected chi connectivity index (χ3v) is 6.48. The van der Waals surface area contributed by atoms with Crippen molar-refractivity contribution in [2.75, 3.05) is 25.0 Å². The first-order valence-corrected chi connectivity index (χ1v) is 12.0. The molecule has 35 heavy (non-hydrogen) atoms. The Morgan fingerprint density at radius 2 is 2.14 bits per heavy atom. The molecule has 9 heteroatoms. The van der Waals surface area contributed by atoms with Crippen LogP contribution in [0.3, 0.4) is 0 Å². The van der Waals surface area contributed by atoms with Crippen LogP contribution < -0.4 is 10.2 Å². The molecular weight excluding hydrogens is 449 g/mol. The molecule has 1 N–H and O–H groups in total. The van der Waals surface area contributed by atoms with Gasteiger partial charge >= 0.3 is 6.09 Å². The van der Waals surface area contributed by atoms with Crippen LogP contribution in [0.4, 0.5) is 14.9 Å². The van der Waals surface area contributed by atoms with Crippen molar-refractivity contribution in [1.29, 1.82) is 5.26 Å². The number of nitrogens with zero attached hydrogens (tertiary/aromatic N) is 4. The van der Waals surface area contributed by atoms with E-state index in [-0.39, 0.29) is 18.0 Å². The van der Waals surface area contributed by atoms with E-state index < -0.39 is 29.6 Å². The molecular formula is C26H36FN5O3. The zero-order valence-electron chi connectivity index (χ0n) is 21.3. The Hall–Kier alpha value is -3.12. The number of ether oxygens (including phenoxy) is 1. The summed E-state index contributed by atoms with van der Waals surface area (Å²) in [7, 11) is 1.83. The molecule has 3 rings (SSSR count). The summed E-state index contributed by atoms with van der Waals surface area (Å²) < 4.78 is 19.3. The van der Waals surface area contributed by atoms with Crippen molar-refractivity contribution in [2.45, 2.75) is 76.7 Å². The number of carbonyl (C=O) groups is 2. The van der Waals surface area contributed by atoms with Crippen molar-refractivity contribution in [3.8, 4) is 6.07 Å². The van der Waals surface area contributed by atoms with Crippen LogP contribution in [0.25, 0.3) is 0 Å². The Kier molecular flexibility index (Phi) is 8.06. The van der Waals surface area contributed by atoms with Crippen molar-refractivity contribution in [3.63, 3.8) is 0 Å². The van der Waals surface area contributed by atoms with E-state index >= 15 is 0 Å². The van der Waals surface area contributed by atoms with Gasteiger partial charge in [0.05, 0.1) is 18.2 Å². The number of halogens is 1. The van der Waals surface area contributed by atoms with Gasteiger partial charge in [-0.1, -0.05) is 12.6 Å². The molecule has 2 aliphatic rings. The predicted molar refractivity (Wildman–Crippen MR) is 132 cm³/mol. The molecule has 2 unspecified atom stereocenters. The van der Waals surface area contributed by atoms with Crippen molar-refractivity contribution in [2.24, 2.45) is 0 Å². The van der Waals surface area contributed by atoms with Gasteiger partial charge in [0, 0.05) is 30.5 Å². The van der Waals surface area contributed by atoms with Crippen LogP contribution in [0.2, 0.25) is 0 Å². The van der Waals surface area contributed by atoms with Crippen molar-refractivity contribution in [1.82, 2.24) is 15.1 Å². The van der Waals surface area contributed by atoms with E-state index in [0.717, 1.165) is 12.8 Å². The molecule has 2 fully saturated rings. The number of carbonyl (C=O) groups excluding carboxylic acids is 2. The molecule has 0 saturated carbocycles. The summed E-state index contributed by atoms with van der Waals surface area (Å²) in [6.07, 6.45) is 1.58. The van der Waals surface area contributed by atoms with Gasteiger partial charge in [0.15, 0.2) is 0 Å². The lowest BCUT2D eigenvalue weighted by Gasteiger charge is -2.35. The van der Waals surface area contributed by atoms with Crippen molar-refractivity contribution in [3.05, 3.63) is 42.4 Å². The molecule has 2 amide bonds. The number of hydrogen-bond acceptors (Lipinski definition) is 6. The molecule has 1 aromatic rings.